The van der Waals surface area contributed by atoms with Crippen molar-refractivity contribution in [3.05, 3.63) is 108 Å². The van der Waals surface area contributed by atoms with E-state index in [2.05, 4.69) is 27.4 Å². The third kappa shape index (κ3) is 11.0. The van der Waals surface area contributed by atoms with Gasteiger partial charge in [0, 0.05) is 46.9 Å². The fourth-order valence-electron chi connectivity index (χ4n) is 6.24. The normalized spacial score (nSPS) is 19.7. The molecular formula is C37H51N2O8P2-. The second kappa shape index (κ2) is 17.7. The van der Waals surface area contributed by atoms with Crippen molar-refractivity contribution in [2.75, 3.05) is 43.5 Å². The van der Waals surface area contributed by atoms with Gasteiger partial charge in [-0.1, -0.05) is 81.1 Å². The van der Waals surface area contributed by atoms with Gasteiger partial charge < -0.3 is 43.3 Å². The molecule has 268 valence electrons. The molecule has 0 saturated heterocycles. The number of hydrogen-bond donors (Lipinski definition) is 2. The van der Waals surface area contributed by atoms with Crippen LogP contribution in [0.3, 0.4) is 0 Å². The highest BCUT2D eigenvalue weighted by molar-refractivity contribution is 7.51. The molecule has 3 unspecified atom stereocenters. The maximum atomic E-state index is 12.5. The van der Waals surface area contributed by atoms with Crippen molar-refractivity contribution in [2.45, 2.75) is 64.7 Å². The number of nitrogens with two attached hydrogens (primary N) is 1. The first-order chi connectivity index (χ1) is 23.1. The smallest absolute Gasteiger partial charge is 0.303 e. The Bertz CT molecular complexity index is 1650. The van der Waals surface area contributed by atoms with E-state index in [1.54, 1.807) is 13.8 Å². The Morgan fingerprint density at radius 3 is 2.31 bits per heavy atom. The third-order valence-electron chi connectivity index (χ3n) is 8.94. The van der Waals surface area contributed by atoms with Gasteiger partial charge in [0.2, 0.25) is 0 Å². The predicted molar refractivity (Wildman–Crippen MR) is 192 cm³/mol. The van der Waals surface area contributed by atoms with Crippen LogP contribution in [0.1, 0.15) is 65.0 Å². The quantitative estimate of drug-likeness (QED) is 0.0966. The zero-order valence-corrected chi connectivity index (χ0v) is 31.1. The summed E-state index contributed by atoms with van der Waals surface area (Å²) < 4.78 is 34.5. The van der Waals surface area contributed by atoms with Crippen LogP contribution in [0.15, 0.2) is 96.8 Å². The number of benzene rings is 2. The van der Waals surface area contributed by atoms with Crippen LogP contribution in [0.2, 0.25) is 0 Å². The Labute approximate surface area is 291 Å². The van der Waals surface area contributed by atoms with Crippen LogP contribution < -0.4 is 20.0 Å². The molecule has 0 saturated carbocycles. The summed E-state index contributed by atoms with van der Waals surface area (Å²) >= 11 is 0. The van der Waals surface area contributed by atoms with Crippen LogP contribution >= 0.6 is 15.2 Å². The number of nitrogens with zero attached hydrogens (tertiary/aromatic N) is 1. The van der Waals surface area contributed by atoms with Gasteiger partial charge in [0.1, 0.15) is 20.9 Å². The molecule has 12 heteroatoms. The first kappa shape index (κ1) is 40.4. The Morgan fingerprint density at radius 1 is 1.00 bits per heavy atom. The number of anilines is 1. The molecule has 0 amide bonds. The Kier molecular flexibility index (Phi) is 14.6. The molecule has 2 aromatic rings. The van der Waals surface area contributed by atoms with Crippen molar-refractivity contribution < 1.29 is 43.2 Å². The zero-order valence-electron chi connectivity index (χ0n) is 29.3. The second-order valence-electron chi connectivity index (χ2n) is 12.8. The van der Waals surface area contributed by atoms with E-state index < -0.39 is 32.0 Å². The summed E-state index contributed by atoms with van der Waals surface area (Å²) in [6.07, 6.45) is 10.4. The number of aliphatic carboxylic acids is 1. The minimum absolute atomic E-state index is 0.0369. The van der Waals surface area contributed by atoms with E-state index in [9.17, 15) is 28.8 Å². The van der Waals surface area contributed by atoms with Gasteiger partial charge >= 0.3 is 5.97 Å². The highest BCUT2D eigenvalue weighted by atomic mass is 31.2. The summed E-state index contributed by atoms with van der Waals surface area (Å²) in [6.45, 7) is 14.6. The first-order valence-electron chi connectivity index (χ1n) is 16.7. The number of carbonyl (C=O) groups is 1. The van der Waals surface area contributed by atoms with Gasteiger partial charge in [-0.15, -0.1) is 0 Å². The molecule has 0 aliphatic carbocycles. The van der Waals surface area contributed by atoms with Gasteiger partial charge in [0.25, 0.3) is 0 Å². The van der Waals surface area contributed by atoms with Crippen molar-refractivity contribution in [3.8, 4) is 0 Å². The molecule has 0 radical (unpaired) electrons. The molecule has 3 atom stereocenters. The van der Waals surface area contributed by atoms with E-state index in [0.29, 0.717) is 19.4 Å². The minimum Gasteiger partial charge on any atom is -0.778 e. The maximum Gasteiger partial charge on any atom is 0.303 e. The molecule has 49 heavy (non-hydrogen) atoms. The topological polar surface area (TPSA) is 156 Å². The van der Waals surface area contributed by atoms with Gasteiger partial charge in [-0.25, -0.2) is 0 Å². The monoisotopic (exact) mass is 713 g/mol. The van der Waals surface area contributed by atoms with Crippen LogP contribution in [-0.4, -0.2) is 49.7 Å². The Hall–Kier alpha value is -3.07. The van der Waals surface area contributed by atoms with Crippen molar-refractivity contribution in [1.82, 2.24) is 0 Å². The van der Waals surface area contributed by atoms with E-state index >= 15 is 0 Å². The summed E-state index contributed by atoms with van der Waals surface area (Å²) in [5.74, 6) is -0.857. The lowest BCUT2D eigenvalue weighted by Crippen LogP contribution is -2.79. The molecule has 1 aliphatic rings. The van der Waals surface area contributed by atoms with E-state index in [1.165, 1.54) is 0 Å². The fourth-order valence-corrected chi connectivity index (χ4v) is 8.18. The summed E-state index contributed by atoms with van der Waals surface area (Å²) in [4.78, 5) is 37.9. The Morgan fingerprint density at radius 2 is 1.63 bits per heavy atom. The number of carboxylic acid groups (broad SMARTS) is 1. The molecule has 1 aliphatic heterocycles. The van der Waals surface area contributed by atoms with Crippen LogP contribution in [0.25, 0.3) is 0 Å². The summed E-state index contributed by atoms with van der Waals surface area (Å²) in [6, 6.07) is 15.7. The molecule has 10 nitrogen and oxygen atoms in total. The van der Waals surface area contributed by atoms with Crippen molar-refractivity contribution in [2.24, 2.45) is 0 Å². The molecule has 2 aromatic carbocycles. The number of hydrogen-bond acceptors (Lipinski definition) is 8. The SMILES string of the molecule is C=C(/C=C/C=C/C=C1/N(CCP(=O)([O-])OCC)c2ccccc2C1(C)CCCC(=O)O)C(C)(C)c1ccccc1[NH2+]CCP(=O)([O-])OCC. The fraction of sp³-hybridized carbons (Fsp3) is 0.432. The molecule has 0 fully saturated rings. The summed E-state index contributed by atoms with van der Waals surface area (Å²) in [7, 11) is -7.91. The average molecular weight is 714 g/mol. The van der Waals surface area contributed by atoms with E-state index in [4.69, 9.17) is 9.05 Å². The molecule has 3 rings (SSSR count). The van der Waals surface area contributed by atoms with Gasteiger partial charge in [-0.3, -0.25) is 4.79 Å². The lowest BCUT2D eigenvalue weighted by atomic mass is 9.77. The average Bonchev–Trinajstić information content (AvgIpc) is 3.26. The van der Waals surface area contributed by atoms with Crippen LogP contribution in [0.4, 0.5) is 11.4 Å². The Balaban J connectivity index is 1.85. The van der Waals surface area contributed by atoms with Crippen molar-refractivity contribution in [1.29, 1.82) is 0 Å². The zero-order chi connectivity index (χ0) is 36.3. The van der Waals surface area contributed by atoms with Gasteiger partial charge in [0.15, 0.2) is 0 Å². The van der Waals surface area contributed by atoms with Gasteiger partial charge in [-0.05, 0) is 63.0 Å². The van der Waals surface area contributed by atoms with Crippen LogP contribution in [0, 0.1) is 0 Å². The molecule has 1 heterocycles. The standard InChI is InChI=1S/C37H52N2O8P2/c1-7-46-48(42,43)27-25-38-32-20-14-12-18-30(32)36(4,5)29(3)17-10-9-11-22-34-37(6,24-16-23-35(40)41)31-19-13-15-21-33(31)39(34)26-28-49(44,45)47-8-2/h9-15,17-22,38H,3,7-8,16,23-28H2,1-2,4-6H3,(H,40,41)(H,42,43)(H,44,45)/p-1/b11-9+,17-10+,34-22+. The molecule has 0 spiro atoms. The number of rotatable bonds is 20. The highest BCUT2D eigenvalue weighted by Gasteiger charge is 2.43. The lowest BCUT2D eigenvalue weighted by molar-refractivity contribution is -0.568. The molecule has 0 bridgehead atoms. The van der Waals surface area contributed by atoms with Gasteiger partial charge in [0.05, 0.1) is 25.9 Å². The molecule has 3 N–H and O–H groups in total. The largest absolute Gasteiger partial charge is 0.778 e. The first-order valence-corrected chi connectivity index (χ1v) is 20.2. The number of carboxylic acids is 1. The van der Waals surface area contributed by atoms with Crippen LogP contribution in [-0.2, 0) is 33.8 Å². The predicted octanol–water partition coefficient (Wildman–Crippen LogP) is 5.92. The van der Waals surface area contributed by atoms with Crippen LogP contribution in [0.5, 0.6) is 0 Å². The highest BCUT2D eigenvalue weighted by Crippen LogP contribution is 2.51. The molecular weight excluding hydrogens is 662 g/mol. The minimum atomic E-state index is -4.04. The molecule has 0 aromatic heterocycles. The van der Waals surface area contributed by atoms with Gasteiger partial charge in [-0.2, -0.15) is 0 Å². The van der Waals surface area contributed by atoms with E-state index in [0.717, 1.165) is 33.8 Å². The summed E-state index contributed by atoms with van der Waals surface area (Å²) in [5, 5.41) is 11.2. The van der Waals surface area contributed by atoms with Crippen molar-refractivity contribution in [3.63, 3.8) is 0 Å². The summed E-state index contributed by atoms with van der Waals surface area (Å²) in [5.41, 5.74) is 4.62. The number of para-hydroxylation sites is 2. The number of allylic oxidation sites excluding steroid dienone is 7. The third-order valence-corrected chi connectivity index (χ3v) is 11.8. The second-order valence-corrected chi connectivity index (χ2v) is 16.6. The van der Waals surface area contributed by atoms with E-state index in [1.807, 2.05) is 89.1 Å². The van der Waals surface area contributed by atoms with Crippen molar-refractivity contribution >= 4 is 32.5 Å². The van der Waals surface area contributed by atoms with E-state index in [-0.39, 0.29) is 38.5 Å². The maximum absolute atomic E-state index is 12.5. The number of quaternary nitrogens is 1. The number of fused-ring (bicyclic) bond motifs is 1. The lowest BCUT2D eigenvalue weighted by Gasteiger charge is -2.32.